The zero-order chi connectivity index (χ0) is 17.1. The molecule has 130 valence electrons. The maximum atomic E-state index is 12.9. The molecule has 0 spiro atoms. The number of fused-ring (bicyclic) bond motifs is 1. The highest BCUT2D eigenvalue weighted by Gasteiger charge is 2.24. The highest BCUT2D eigenvalue weighted by atomic mass is 16.2. The Morgan fingerprint density at radius 2 is 1.88 bits per heavy atom. The minimum Gasteiger partial charge on any atom is -0.381 e. The third-order valence-electron chi connectivity index (χ3n) is 5.31. The average molecular weight is 335 g/mol. The third kappa shape index (κ3) is 3.53. The van der Waals surface area contributed by atoms with Crippen LogP contribution in [-0.2, 0) is 6.42 Å². The zero-order valence-corrected chi connectivity index (χ0v) is 14.6. The first-order valence-corrected chi connectivity index (χ1v) is 9.43. The van der Waals surface area contributed by atoms with E-state index in [1.54, 1.807) is 6.20 Å². The predicted octanol–water partition coefficient (Wildman–Crippen LogP) is 4.42. The van der Waals surface area contributed by atoms with Crippen molar-refractivity contribution in [3.05, 3.63) is 53.9 Å². The number of aromatic nitrogens is 1. The molecule has 4 rings (SSSR count). The van der Waals surface area contributed by atoms with Crippen molar-refractivity contribution in [2.45, 2.75) is 51.0 Å². The molecular formula is C21H25N3O. The van der Waals surface area contributed by atoms with Crippen LogP contribution < -0.4 is 10.2 Å². The number of carbonyl (C=O) groups is 1. The van der Waals surface area contributed by atoms with E-state index in [4.69, 9.17) is 0 Å². The lowest BCUT2D eigenvalue weighted by Crippen LogP contribution is -2.35. The smallest absolute Gasteiger partial charge is 0.276 e. The number of anilines is 2. The second-order valence-corrected chi connectivity index (χ2v) is 7.10. The van der Waals surface area contributed by atoms with Crippen molar-refractivity contribution in [3.63, 3.8) is 0 Å². The summed E-state index contributed by atoms with van der Waals surface area (Å²) in [5, 5.41) is 3.55. The molecule has 2 aliphatic rings. The summed E-state index contributed by atoms with van der Waals surface area (Å²) < 4.78 is 0. The van der Waals surface area contributed by atoms with Gasteiger partial charge in [-0.05, 0) is 49.4 Å². The van der Waals surface area contributed by atoms with E-state index in [1.165, 1.54) is 37.7 Å². The van der Waals surface area contributed by atoms with Gasteiger partial charge >= 0.3 is 0 Å². The Morgan fingerprint density at radius 1 is 1.04 bits per heavy atom. The van der Waals surface area contributed by atoms with Gasteiger partial charge in [0.15, 0.2) is 0 Å². The molecule has 4 heteroatoms. The average Bonchev–Trinajstić information content (AvgIpc) is 2.68. The van der Waals surface area contributed by atoms with Crippen molar-refractivity contribution in [2.24, 2.45) is 0 Å². The van der Waals surface area contributed by atoms with E-state index in [-0.39, 0.29) is 5.91 Å². The van der Waals surface area contributed by atoms with Crippen molar-refractivity contribution in [3.8, 4) is 0 Å². The number of nitrogens with zero attached hydrogens (tertiary/aromatic N) is 2. The number of hydrogen-bond acceptors (Lipinski definition) is 3. The van der Waals surface area contributed by atoms with E-state index in [2.05, 4.69) is 16.4 Å². The minimum absolute atomic E-state index is 0.00336. The molecule has 0 atom stereocenters. The highest BCUT2D eigenvalue weighted by molar-refractivity contribution is 6.05. The van der Waals surface area contributed by atoms with Gasteiger partial charge in [0.2, 0.25) is 0 Å². The van der Waals surface area contributed by atoms with Crippen LogP contribution >= 0.6 is 0 Å². The second kappa shape index (κ2) is 7.26. The van der Waals surface area contributed by atoms with Crippen LogP contribution in [0.15, 0.2) is 42.6 Å². The molecule has 0 bridgehead atoms. The van der Waals surface area contributed by atoms with Crippen LogP contribution in [0.25, 0.3) is 0 Å². The Labute approximate surface area is 149 Å². The van der Waals surface area contributed by atoms with Crippen molar-refractivity contribution in [1.29, 1.82) is 0 Å². The summed E-state index contributed by atoms with van der Waals surface area (Å²) in [6.07, 6.45) is 10.3. The molecule has 25 heavy (non-hydrogen) atoms. The van der Waals surface area contributed by atoms with Gasteiger partial charge in [0.1, 0.15) is 5.69 Å². The highest BCUT2D eigenvalue weighted by Crippen LogP contribution is 2.28. The number of hydrogen-bond donors (Lipinski definition) is 1. The predicted molar refractivity (Wildman–Crippen MR) is 101 cm³/mol. The van der Waals surface area contributed by atoms with Crippen LogP contribution in [0, 0.1) is 0 Å². The van der Waals surface area contributed by atoms with Gasteiger partial charge in [-0.25, -0.2) is 4.98 Å². The number of pyridine rings is 1. The van der Waals surface area contributed by atoms with Crippen LogP contribution in [0.3, 0.4) is 0 Å². The lowest BCUT2D eigenvalue weighted by Gasteiger charge is -2.29. The van der Waals surface area contributed by atoms with Crippen LogP contribution in [0.4, 0.5) is 11.4 Å². The van der Waals surface area contributed by atoms with Gasteiger partial charge in [0.05, 0.1) is 11.9 Å². The number of benzene rings is 1. The van der Waals surface area contributed by atoms with Crippen molar-refractivity contribution < 1.29 is 4.79 Å². The topological polar surface area (TPSA) is 45.2 Å². The van der Waals surface area contributed by atoms with E-state index in [0.29, 0.717) is 11.7 Å². The molecule has 0 saturated heterocycles. The standard InChI is InChI=1S/C21H25N3O/c25-21(24-14-6-8-16-7-4-5-11-20(16)24)19-13-12-18(15-22-19)23-17-9-2-1-3-10-17/h4-5,7,11-13,15,17,23H,1-3,6,8-10,14H2. The van der Waals surface area contributed by atoms with E-state index < -0.39 is 0 Å². The van der Waals surface area contributed by atoms with Crippen molar-refractivity contribution in [2.75, 3.05) is 16.8 Å². The fourth-order valence-corrected chi connectivity index (χ4v) is 3.97. The Kier molecular flexibility index (Phi) is 4.68. The normalized spacial score (nSPS) is 17.8. The summed E-state index contributed by atoms with van der Waals surface area (Å²) in [4.78, 5) is 19.2. The quantitative estimate of drug-likeness (QED) is 0.903. The zero-order valence-electron chi connectivity index (χ0n) is 14.6. The first kappa shape index (κ1) is 16.1. The molecule has 1 saturated carbocycles. The molecule has 1 amide bonds. The summed E-state index contributed by atoms with van der Waals surface area (Å²) in [6, 6.07) is 12.6. The number of carbonyl (C=O) groups excluding carboxylic acids is 1. The molecule has 1 aromatic carbocycles. The molecular weight excluding hydrogens is 310 g/mol. The van der Waals surface area contributed by atoms with Gasteiger partial charge in [-0.15, -0.1) is 0 Å². The maximum absolute atomic E-state index is 12.9. The molecule has 1 N–H and O–H groups in total. The Balaban J connectivity index is 1.48. The summed E-state index contributed by atoms with van der Waals surface area (Å²) in [5.41, 5.74) is 3.82. The van der Waals surface area contributed by atoms with Crippen LogP contribution in [-0.4, -0.2) is 23.5 Å². The summed E-state index contributed by atoms with van der Waals surface area (Å²) in [6.45, 7) is 0.763. The van der Waals surface area contributed by atoms with E-state index in [9.17, 15) is 4.79 Å². The van der Waals surface area contributed by atoms with Gasteiger partial charge in [-0.3, -0.25) is 4.79 Å². The molecule has 0 radical (unpaired) electrons. The second-order valence-electron chi connectivity index (χ2n) is 7.10. The third-order valence-corrected chi connectivity index (χ3v) is 5.31. The number of nitrogens with one attached hydrogen (secondary N) is 1. The summed E-state index contributed by atoms with van der Waals surface area (Å²) in [5.74, 6) is -0.00336. The molecule has 1 aliphatic carbocycles. The van der Waals surface area contributed by atoms with Crippen LogP contribution in [0.2, 0.25) is 0 Å². The summed E-state index contributed by atoms with van der Waals surface area (Å²) in [7, 11) is 0. The molecule has 2 heterocycles. The maximum Gasteiger partial charge on any atom is 0.276 e. The van der Waals surface area contributed by atoms with Gasteiger partial charge in [0, 0.05) is 18.3 Å². The van der Waals surface area contributed by atoms with E-state index in [1.807, 2.05) is 35.2 Å². The molecule has 1 aliphatic heterocycles. The van der Waals surface area contributed by atoms with Gasteiger partial charge in [-0.2, -0.15) is 0 Å². The fraction of sp³-hybridized carbons (Fsp3) is 0.429. The first-order chi connectivity index (χ1) is 12.3. The van der Waals surface area contributed by atoms with Crippen molar-refractivity contribution >= 4 is 17.3 Å². The number of rotatable bonds is 3. The van der Waals surface area contributed by atoms with Crippen molar-refractivity contribution in [1.82, 2.24) is 4.98 Å². The van der Waals surface area contributed by atoms with Crippen LogP contribution in [0.1, 0.15) is 54.6 Å². The largest absolute Gasteiger partial charge is 0.381 e. The lowest BCUT2D eigenvalue weighted by atomic mass is 9.95. The van der Waals surface area contributed by atoms with Gasteiger partial charge in [0.25, 0.3) is 5.91 Å². The van der Waals surface area contributed by atoms with E-state index >= 15 is 0 Å². The monoisotopic (exact) mass is 335 g/mol. The first-order valence-electron chi connectivity index (χ1n) is 9.43. The van der Waals surface area contributed by atoms with Crippen LogP contribution in [0.5, 0.6) is 0 Å². The van der Waals surface area contributed by atoms with E-state index in [0.717, 1.165) is 30.8 Å². The molecule has 1 aromatic heterocycles. The number of amides is 1. The number of para-hydroxylation sites is 1. The van der Waals surface area contributed by atoms with Gasteiger partial charge < -0.3 is 10.2 Å². The lowest BCUT2D eigenvalue weighted by molar-refractivity contribution is 0.0980. The SMILES string of the molecule is O=C(c1ccc(NC2CCCCC2)cn1)N1CCCc2ccccc21. The Bertz CT molecular complexity index is 735. The fourth-order valence-electron chi connectivity index (χ4n) is 3.97. The van der Waals surface area contributed by atoms with Gasteiger partial charge in [-0.1, -0.05) is 37.5 Å². The Morgan fingerprint density at radius 3 is 2.68 bits per heavy atom. The molecule has 1 fully saturated rings. The summed E-state index contributed by atoms with van der Waals surface area (Å²) >= 11 is 0. The minimum atomic E-state index is -0.00336. The number of aryl methyl sites for hydroxylation is 1. The Hall–Kier alpha value is -2.36. The molecule has 2 aromatic rings. The molecule has 4 nitrogen and oxygen atoms in total. The molecule has 0 unspecified atom stereocenters.